The topological polar surface area (TPSA) is 35.0 Å². The second-order valence-corrected chi connectivity index (χ2v) is 7.56. The van der Waals surface area contributed by atoms with Crippen molar-refractivity contribution in [2.45, 2.75) is 25.9 Å². The van der Waals surface area contributed by atoms with E-state index in [1.807, 2.05) is 6.92 Å². The lowest BCUT2D eigenvalue weighted by atomic mass is 10.0. The first-order chi connectivity index (χ1) is 16.5. The fourth-order valence-electron chi connectivity index (χ4n) is 3.47. The molecule has 4 aromatic rings. The van der Waals surface area contributed by atoms with E-state index in [2.05, 4.69) is 14.7 Å². The Balaban J connectivity index is 1.77. The van der Waals surface area contributed by atoms with Gasteiger partial charge in [0, 0.05) is 24.5 Å². The minimum atomic E-state index is -4.59. The van der Waals surface area contributed by atoms with Crippen LogP contribution in [0.1, 0.15) is 24.5 Å². The van der Waals surface area contributed by atoms with Gasteiger partial charge in [0.2, 0.25) is 0 Å². The predicted octanol–water partition coefficient (Wildman–Crippen LogP) is 7.21. The van der Waals surface area contributed by atoms with Gasteiger partial charge in [0.05, 0.1) is 10.9 Å². The maximum atomic E-state index is 15.0. The number of rotatable bonds is 6. The molecule has 4 rings (SSSR count). The van der Waals surface area contributed by atoms with E-state index >= 15 is 0 Å². The Morgan fingerprint density at radius 2 is 1.43 bits per heavy atom. The quantitative estimate of drug-likeness (QED) is 0.208. The average Bonchev–Trinajstić information content (AvgIpc) is 2.80. The Hall–Kier alpha value is -3.76. The van der Waals surface area contributed by atoms with Crippen LogP contribution in [0.5, 0.6) is 5.75 Å². The summed E-state index contributed by atoms with van der Waals surface area (Å²) in [7, 11) is 0. The number of fused-ring (bicyclic) bond motifs is 1. The molecule has 0 radical (unpaired) electrons. The second kappa shape index (κ2) is 9.12. The smallest absolute Gasteiger partial charge is 0.429 e. The van der Waals surface area contributed by atoms with Gasteiger partial charge < -0.3 is 4.74 Å². The van der Waals surface area contributed by atoms with Crippen molar-refractivity contribution < 1.29 is 39.9 Å². The molecule has 1 aromatic heterocycles. The molecule has 0 N–H and O–H groups in total. The van der Waals surface area contributed by atoms with Gasteiger partial charge in [-0.2, -0.15) is 8.78 Å². The summed E-state index contributed by atoms with van der Waals surface area (Å²) in [5, 5.41) is -1.39. The number of hydrogen-bond acceptors (Lipinski definition) is 3. The Bertz CT molecular complexity index is 1400. The number of halogens is 8. The molecule has 0 unspecified atom stereocenters. The summed E-state index contributed by atoms with van der Waals surface area (Å²) < 4.78 is 118. The molecule has 0 saturated carbocycles. The number of benzene rings is 3. The fraction of sp³-hybridized carbons (Fsp3) is 0.167. The Labute approximate surface area is 193 Å². The molecular weight excluding hydrogens is 484 g/mol. The maximum Gasteiger partial charge on any atom is 0.429 e. The van der Waals surface area contributed by atoms with Crippen molar-refractivity contribution in [1.29, 1.82) is 0 Å². The van der Waals surface area contributed by atoms with E-state index in [9.17, 15) is 35.1 Å². The highest BCUT2D eigenvalue weighted by Gasteiger charge is 2.39. The molecule has 3 aromatic carbocycles. The van der Waals surface area contributed by atoms with E-state index in [0.29, 0.717) is 12.5 Å². The van der Waals surface area contributed by atoms with Crippen LogP contribution >= 0.6 is 0 Å². The Morgan fingerprint density at radius 1 is 0.800 bits per heavy atom. The number of nitrogens with zero attached hydrogens (tertiary/aromatic N) is 2. The lowest BCUT2D eigenvalue weighted by molar-refractivity contribution is -0.187. The van der Waals surface area contributed by atoms with E-state index < -0.39 is 63.3 Å². The van der Waals surface area contributed by atoms with Gasteiger partial charge in [0.25, 0.3) is 0 Å². The summed E-state index contributed by atoms with van der Waals surface area (Å²) in [6.07, 6.45) is -0.264. The molecule has 0 bridgehead atoms. The standard InChI is InChI=1S/C24H14F8N2O/c1-2-3-11-9-33-23(34-10-11)14-6-12-4-5-15(20(28)18(12)22(30)19(14)27)24(31,32)35-13-7-16(25)21(29)17(26)8-13/h4-10H,2-3H2,1H3. The van der Waals surface area contributed by atoms with E-state index in [1.165, 1.54) is 12.4 Å². The van der Waals surface area contributed by atoms with Crippen LogP contribution in [-0.4, -0.2) is 9.97 Å². The summed E-state index contributed by atoms with van der Waals surface area (Å²) in [6, 6.07) is 2.68. The van der Waals surface area contributed by atoms with Crippen molar-refractivity contribution in [1.82, 2.24) is 9.97 Å². The minimum Gasteiger partial charge on any atom is -0.429 e. The third kappa shape index (κ3) is 4.50. The van der Waals surface area contributed by atoms with Crippen molar-refractivity contribution in [3.63, 3.8) is 0 Å². The van der Waals surface area contributed by atoms with Crippen molar-refractivity contribution in [2.24, 2.45) is 0 Å². The zero-order chi connectivity index (χ0) is 25.5. The van der Waals surface area contributed by atoms with Gasteiger partial charge in [-0.25, -0.2) is 36.3 Å². The lowest BCUT2D eigenvalue weighted by Gasteiger charge is -2.20. The van der Waals surface area contributed by atoms with Crippen LogP contribution in [0.4, 0.5) is 35.1 Å². The van der Waals surface area contributed by atoms with Gasteiger partial charge >= 0.3 is 6.11 Å². The van der Waals surface area contributed by atoms with Crippen LogP contribution in [0.3, 0.4) is 0 Å². The second-order valence-electron chi connectivity index (χ2n) is 7.56. The van der Waals surface area contributed by atoms with Crippen molar-refractivity contribution in [3.05, 3.63) is 88.8 Å². The molecule has 182 valence electrons. The monoisotopic (exact) mass is 498 g/mol. The highest BCUT2D eigenvalue weighted by atomic mass is 19.3. The van der Waals surface area contributed by atoms with E-state index in [-0.39, 0.29) is 23.3 Å². The molecule has 0 aliphatic heterocycles. The number of aryl methyl sites for hydroxylation is 1. The Kier molecular flexibility index (Phi) is 6.35. The van der Waals surface area contributed by atoms with Crippen LogP contribution < -0.4 is 4.74 Å². The van der Waals surface area contributed by atoms with Gasteiger partial charge in [-0.15, -0.1) is 0 Å². The van der Waals surface area contributed by atoms with Crippen molar-refractivity contribution in [3.8, 4) is 17.1 Å². The molecule has 0 amide bonds. The van der Waals surface area contributed by atoms with Crippen molar-refractivity contribution >= 4 is 10.8 Å². The summed E-state index contributed by atoms with van der Waals surface area (Å²) in [6.45, 7) is 1.93. The van der Waals surface area contributed by atoms with E-state index in [4.69, 9.17) is 0 Å². The molecule has 0 aliphatic carbocycles. The van der Waals surface area contributed by atoms with Gasteiger partial charge in [-0.05, 0) is 29.5 Å². The van der Waals surface area contributed by atoms with E-state index in [1.54, 1.807) is 0 Å². The zero-order valence-electron chi connectivity index (χ0n) is 17.8. The van der Waals surface area contributed by atoms with Gasteiger partial charge in [0.1, 0.15) is 17.1 Å². The largest absolute Gasteiger partial charge is 0.429 e. The van der Waals surface area contributed by atoms with Gasteiger partial charge in [-0.3, -0.25) is 0 Å². The SMILES string of the molecule is CCCc1cnc(-c2cc3ccc(C(F)(F)Oc4cc(F)c(F)c(F)c4)c(F)c3c(F)c2F)nc1. The Morgan fingerprint density at radius 3 is 2.03 bits per heavy atom. The molecular formula is C24H14F8N2O. The summed E-state index contributed by atoms with van der Waals surface area (Å²) in [5.41, 5.74) is -1.19. The molecule has 0 aliphatic rings. The van der Waals surface area contributed by atoms with Crippen LogP contribution in [0, 0.1) is 34.9 Å². The highest BCUT2D eigenvalue weighted by Crippen LogP contribution is 2.39. The molecule has 35 heavy (non-hydrogen) atoms. The molecule has 0 saturated heterocycles. The molecule has 1 heterocycles. The van der Waals surface area contributed by atoms with Gasteiger partial charge in [0.15, 0.2) is 34.9 Å². The first-order valence-corrected chi connectivity index (χ1v) is 10.2. The fourth-order valence-corrected chi connectivity index (χ4v) is 3.47. The summed E-state index contributed by atoms with van der Waals surface area (Å²) in [4.78, 5) is 7.97. The first-order valence-electron chi connectivity index (χ1n) is 10.2. The van der Waals surface area contributed by atoms with Gasteiger partial charge in [-0.1, -0.05) is 19.4 Å². The average molecular weight is 498 g/mol. The molecule has 0 atom stereocenters. The highest BCUT2D eigenvalue weighted by molar-refractivity contribution is 5.88. The third-order valence-corrected chi connectivity index (χ3v) is 5.12. The molecule has 0 spiro atoms. The van der Waals surface area contributed by atoms with Crippen LogP contribution in [-0.2, 0) is 12.5 Å². The third-order valence-electron chi connectivity index (χ3n) is 5.12. The van der Waals surface area contributed by atoms with E-state index in [0.717, 1.165) is 24.1 Å². The normalized spacial score (nSPS) is 11.8. The van der Waals surface area contributed by atoms with Crippen LogP contribution in [0.15, 0.2) is 42.7 Å². The first kappa shape index (κ1) is 24.4. The number of hydrogen-bond donors (Lipinski definition) is 0. The zero-order valence-corrected chi connectivity index (χ0v) is 17.8. The minimum absolute atomic E-state index is 0.129. The molecule has 11 heteroatoms. The maximum absolute atomic E-state index is 15.0. The lowest BCUT2D eigenvalue weighted by Crippen LogP contribution is -2.24. The molecule has 0 fully saturated rings. The molecule has 3 nitrogen and oxygen atoms in total. The van der Waals surface area contributed by atoms with Crippen molar-refractivity contribution in [2.75, 3.05) is 0 Å². The van der Waals surface area contributed by atoms with Crippen LogP contribution in [0.2, 0.25) is 0 Å². The predicted molar refractivity (Wildman–Crippen MR) is 110 cm³/mol. The summed E-state index contributed by atoms with van der Waals surface area (Å²) in [5.74, 6) is -12.1. The number of aromatic nitrogens is 2. The number of alkyl halides is 2. The summed E-state index contributed by atoms with van der Waals surface area (Å²) >= 11 is 0. The number of ether oxygens (including phenoxy) is 1. The van der Waals surface area contributed by atoms with Crippen LogP contribution in [0.25, 0.3) is 22.2 Å².